The topological polar surface area (TPSA) is 72.7 Å². The maximum atomic E-state index is 12.1. The molecule has 6 nitrogen and oxygen atoms in total. The Morgan fingerprint density at radius 2 is 1.95 bits per heavy atom. The van der Waals surface area contributed by atoms with E-state index in [1.165, 1.54) is 0 Å². The van der Waals surface area contributed by atoms with Crippen molar-refractivity contribution < 1.29 is 4.79 Å². The first-order chi connectivity index (χ1) is 10.7. The number of carbonyl (C=O) groups is 1. The summed E-state index contributed by atoms with van der Waals surface area (Å²) in [5, 5.41) is 11.2. The van der Waals surface area contributed by atoms with Gasteiger partial charge in [0.1, 0.15) is 5.69 Å². The Labute approximate surface area is 131 Å². The smallest absolute Gasteiger partial charge is 0.253 e. The molecule has 0 saturated heterocycles. The van der Waals surface area contributed by atoms with E-state index in [2.05, 4.69) is 20.6 Å². The van der Waals surface area contributed by atoms with Gasteiger partial charge >= 0.3 is 0 Å². The van der Waals surface area contributed by atoms with Gasteiger partial charge in [-0.1, -0.05) is 28.9 Å². The maximum Gasteiger partial charge on any atom is 0.253 e. The average molecular weight is 314 g/mol. The Balaban J connectivity index is 1.67. The van der Waals surface area contributed by atoms with Gasteiger partial charge in [0.15, 0.2) is 0 Å². The van der Waals surface area contributed by atoms with Gasteiger partial charge in [-0.2, -0.15) is 0 Å². The van der Waals surface area contributed by atoms with Gasteiger partial charge in [0.05, 0.1) is 29.0 Å². The second-order valence-electron chi connectivity index (χ2n) is 4.52. The Morgan fingerprint density at radius 3 is 2.73 bits per heavy atom. The second kappa shape index (κ2) is 6.36. The highest BCUT2D eigenvalue weighted by atomic mass is 35.5. The molecule has 3 rings (SSSR count). The van der Waals surface area contributed by atoms with Gasteiger partial charge in [-0.05, 0) is 24.3 Å². The number of rotatable bonds is 4. The fraction of sp³-hybridized carbons (Fsp3) is 0.0667. The molecule has 0 aliphatic rings. The van der Waals surface area contributed by atoms with Crippen LogP contribution in [0.25, 0.3) is 5.69 Å². The predicted octanol–water partition coefficient (Wildman–Crippen LogP) is 2.25. The molecule has 0 saturated carbocycles. The molecule has 0 atom stereocenters. The summed E-state index contributed by atoms with van der Waals surface area (Å²) < 4.78 is 1.62. The van der Waals surface area contributed by atoms with Crippen molar-refractivity contribution in [3.63, 3.8) is 0 Å². The summed E-state index contributed by atoms with van der Waals surface area (Å²) in [6, 6.07) is 10.5. The second-order valence-corrected chi connectivity index (χ2v) is 4.93. The van der Waals surface area contributed by atoms with Gasteiger partial charge in [-0.3, -0.25) is 9.78 Å². The first kappa shape index (κ1) is 14.2. The molecular weight excluding hydrogens is 302 g/mol. The SMILES string of the molecule is O=C(NCc1cn(-c2ccncc2)nn1)c1ccccc1Cl. The molecule has 2 aromatic heterocycles. The van der Waals surface area contributed by atoms with Crippen LogP contribution in [0, 0.1) is 0 Å². The lowest BCUT2D eigenvalue weighted by molar-refractivity contribution is 0.0950. The number of amides is 1. The van der Waals surface area contributed by atoms with E-state index in [9.17, 15) is 4.79 Å². The Kier molecular flexibility index (Phi) is 4.11. The lowest BCUT2D eigenvalue weighted by Gasteiger charge is -2.04. The quantitative estimate of drug-likeness (QED) is 0.802. The summed E-state index contributed by atoms with van der Waals surface area (Å²) in [6.45, 7) is 0.273. The third-order valence-corrected chi connectivity index (χ3v) is 3.35. The number of pyridine rings is 1. The number of nitrogens with one attached hydrogen (secondary N) is 1. The normalized spacial score (nSPS) is 10.4. The zero-order valence-corrected chi connectivity index (χ0v) is 12.2. The fourth-order valence-electron chi connectivity index (χ4n) is 1.91. The Hall–Kier alpha value is -2.73. The zero-order chi connectivity index (χ0) is 15.4. The number of benzene rings is 1. The minimum atomic E-state index is -0.246. The van der Waals surface area contributed by atoms with E-state index in [-0.39, 0.29) is 12.5 Å². The van der Waals surface area contributed by atoms with Crippen molar-refractivity contribution in [1.29, 1.82) is 0 Å². The maximum absolute atomic E-state index is 12.1. The zero-order valence-electron chi connectivity index (χ0n) is 11.5. The van der Waals surface area contributed by atoms with Crippen LogP contribution < -0.4 is 5.32 Å². The standard InChI is InChI=1S/C15H12ClN5O/c16-14-4-2-1-3-13(14)15(22)18-9-11-10-21(20-19-11)12-5-7-17-8-6-12/h1-8,10H,9H2,(H,18,22). The highest BCUT2D eigenvalue weighted by Crippen LogP contribution is 2.14. The van der Waals surface area contributed by atoms with Gasteiger partial charge in [0.2, 0.25) is 0 Å². The van der Waals surface area contributed by atoms with Crippen LogP contribution in [0.15, 0.2) is 55.0 Å². The Morgan fingerprint density at radius 1 is 1.18 bits per heavy atom. The summed E-state index contributed by atoms with van der Waals surface area (Å²) in [7, 11) is 0. The highest BCUT2D eigenvalue weighted by molar-refractivity contribution is 6.33. The van der Waals surface area contributed by atoms with Crippen LogP contribution in [-0.4, -0.2) is 25.9 Å². The summed E-state index contributed by atoms with van der Waals surface area (Å²) in [4.78, 5) is 16.0. The molecule has 0 aliphatic heterocycles. The average Bonchev–Trinajstić information content (AvgIpc) is 3.03. The van der Waals surface area contributed by atoms with E-state index in [0.717, 1.165) is 5.69 Å². The summed E-state index contributed by atoms with van der Waals surface area (Å²) in [6.07, 6.45) is 5.11. The van der Waals surface area contributed by atoms with Gasteiger partial charge in [0, 0.05) is 12.4 Å². The summed E-state index contributed by atoms with van der Waals surface area (Å²) >= 11 is 5.99. The Bertz CT molecular complexity index is 787. The number of hydrogen-bond donors (Lipinski definition) is 1. The molecule has 0 fully saturated rings. The van der Waals surface area contributed by atoms with Crippen molar-refractivity contribution in [1.82, 2.24) is 25.3 Å². The molecule has 0 spiro atoms. The molecule has 0 radical (unpaired) electrons. The van der Waals surface area contributed by atoms with E-state index < -0.39 is 0 Å². The van der Waals surface area contributed by atoms with Crippen LogP contribution in [-0.2, 0) is 6.54 Å². The molecule has 2 heterocycles. The molecule has 7 heteroatoms. The minimum absolute atomic E-state index is 0.246. The van der Waals surface area contributed by atoms with Crippen LogP contribution in [0.2, 0.25) is 5.02 Å². The number of aromatic nitrogens is 4. The van der Waals surface area contributed by atoms with E-state index in [0.29, 0.717) is 16.3 Å². The lowest BCUT2D eigenvalue weighted by atomic mass is 10.2. The van der Waals surface area contributed by atoms with Crippen LogP contribution in [0.4, 0.5) is 0 Å². The lowest BCUT2D eigenvalue weighted by Crippen LogP contribution is -2.23. The van der Waals surface area contributed by atoms with Crippen molar-refractivity contribution >= 4 is 17.5 Å². The van der Waals surface area contributed by atoms with E-state index in [1.807, 2.05) is 12.1 Å². The number of halogens is 1. The molecule has 0 aliphatic carbocycles. The first-order valence-corrected chi connectivity index (χ1v) is 6.96. The van der Waals surface area contributed by atoms with Crippen molar-refractivity contribution in [2.24, 2.45) is 0 Å². The predicted molar refractivity (Wildman–Crippen MR) is 81.8 cm³/mol. The van der Waals surface area contributed by atoms with Gasteiger partial charge in [-0.25, -0.2) is 4.68 Å². The van der Waals surface area contributed by atoms with E-state index in [4.69, 9.17) is 11.6 Å². The molecule has 1 aromatic carbocycles. The minimum Gasteiger partial charge on any atom is -0.346 e. The molecular formula is C15H12ClN5O. The van der Waals surface area contributed by atoms with Gasteiger partial charge in [-0.15, -0.1) is 5.10 Å². The van der Waals surface area contributed by atoms with Gasteiger partial charge in [0.25, 0.3) is 5.91 Å². The monoisotopic (exact) mass is 313 g/mol. The van der Waals surface area contributed by atoms with Crippen molar-refractivity contribution in [3.8, 4) is 5.69 Å². The number of carbonyl (C=O) groups excluding carboxylic acids is 1. The van der Waals surface area contributed by atoms with Gasteiger partial charge < -0.3 is 5.32 Å². The van der Waals surface area contributed by atoms with Crippen LogP contribution >= 0.6 is 11.6 Å². The van der Waals surface area contributed by atoms with Crippen molar-refractivity contribution in [2.45, 2.75) is 6.54 Å². The molecule has 22 heavy (non-hydrogen) atoms. The van der Waals surface area contributed by atoms with Crippen molar-refractivity contribution in [3.05, 3.63) is 71.3 Å². The fourth-order valence-corrected chi connectivity index (χ4v) is 2.14. The molecule has 0 unspecified atom stereocenters. The highest BCUT2D eigenvalue weighted by Gasteiger charge is 2.10. The summed E-state index contributed by atoms with van der Waals surface area (Å²) in [5.41, 5.74) is 1.94. The van der Waals surface area contributed by atoms with Crippen LogP contribution in [0.3, 0.4) is 0 Å². The molecule has 3 aromatic rings. The largest absolute Gasteiger partial charge is 0.346 e. The van der Waals surface area contributed by atoms with E-state index in [1.54, 1.807) is 47.5 Å². The molecule has 1 amide bonds. The number of nitrogens with zero attached hydrogens (tertiary/aromatic N) is 4. The van der Waals surface area contributed by atoms with E-state index >= 15 is 0 Å². The first-order valence-electron chi connectivity index (χ1n) is 6.58. The molecule has 1 N–H and O–H groups in total. The third kappa shape index (κ3) is 3.12. The number of hydrogen-bond acceptors (Lipinski definition) is 4. The van der Waals surface area contributed by atoms with Crippen LogP contribution in [0.1, 0.15) is 16.1 Å². The molecule has 110 valence electrons. The van der Waals surface area contributed by atoms with Crippen LogP contribution in [0.5, 0.6) is 0 Å². The summed E-state index contributed by atoms with van der Waals surface area (Å²) in [5.74, 6) is -0.246. The third-order valence-electron chi connectivity index (χ3n) is 3.02. The van der Waals surface area contributed by atoms with Crippen molar-refractivity contribution in [2.75, 3.05) is 0 Å². The molecule has 0 bridgehead atoms.